The normalized spacial score (nSPS) is 12.6. The third kappa shape index (κ3) is 17.6. The molecule has 0 fully saturated rings. The molecular weight excluding hydrogens is 278 g/mol. The molecule has 0 aromatic heterocycles. The van der Waals surface area contributed by atoms with Crippen molar-refractivity contribution in [1.29, 1.82) is 0 Å². The van der Waals surface area contributed by atoms with Crippen molar-refractivity contribution in [3.63, 3.8) is 0 Å². The van der Waals surface area contributed by atoms with E-state index in [1.807, 2.05) is 20.8 Å². The number of Topliss-reactive ketones (excluding diaryl/α,β-unsaturated/α-hetero) is 1. The SMILES string of the molecule is CC(C)(C)NCCCCCOCCCC(=O)COC(C)(C)C. The van der Waals surface area contributed by atoms with Crippen LogP contribution < -0.4 is 5.32 Å². The number of nitrogens with one attached hydrogen (secondary N) is 1. The van der Waals surface area contributed by atoms with Crippen molar-refractivity contribution in [1.82, 2.24) is 5.32 Å². The molecular formula is C18H37NO3. The predicted molar refractivity (Wildman–Crippen MR) is 92.4 cm³/mol. The first kappa shape index (κ1) is 21.6. The average Bonchev–Trinajstić information content (AvgIpc) is 2.36. The van der Waals surface area contributed by atoms with Gasteiger partial charge in [-0.2, -0.15) is 0 Å². The predicted octanol–water partition coefficient (Wildman–Crippen LogP) is 3.73. The number of unbranched alkanes of at least 4 members (excludes halogenated alkanes) is 2. The van der Waals surface area contributed by atoms with Crippen LogP contribution in [0.2, 0.25) is 0 Å². The molecule has 132 valence electrons. The molecule has 1 N–H and O–H groups in total. The van der Waals surface area contributed by atoms with E-state index in [1.54, 1.807) is 0 Å². The Morgan fingerprint density at radius 2 is 1.55 bits per heavy atom. The van der Waals surface area contributed by atoms with Gasteiger partial charge < -0.3 is 14.8 Å². The lowest BCUT2D eigenvalue weighted by atomic mass is 10.1. The van der Waals surface area contributed by atoms with Crippen LogP contribution in [-0.2, 0) is 14.3 Å². The van der Waals surface area contributed by atoms with Crippen LogP contribution in [0.25, 0.3) is 0 Å². The summed E-state index contributed by atoms with van der Waals surface area (Å²) in [5.41, 5.74) is -0.0340. The molecule has 0 aromatic rings. The highest BCUT2D eigenvalue weighted by Gasteiger charge is 2.12. The van der Waals surface area contributed by atoms with E-state index >= 15 is 0 Å². The summed E-state index contributed by atoms with van der Waals surface area (Å²) < 4.78 is 11.0. The van der Waals surface area contributed by atoms with Gasteiger partial charge in [-0.25, -0.2) is 0 Å². The third-order valence-corrected chi connectivity index (χ3v) is 3.03. The van der Waals surface area contributed by atoms with Crippen molar-refractivity contribution in [2.24, 2.45) is 0 Å². The van der Waals surface area contributed by atoms with Gasteiger partial charge in [-0.15, -0.1) is 0 Å². The minimum Gasteiger partial charge on any atom is -0.381 e. The maximum atomic E-state index is 11.6. The van der Waals surface area contributed by atoms with E-state index < -0.39 is 0 Å². The summed E-state index contributed by atoms with van der Waals surface area (Å²) in [7, 11) is 0. The van der Waals surface area contributed by atoms with Gasteiger partial charge in [0.25, 0.3) is 0 Å². The van der Waals surface area contributed by atoms with Crippen LogP contribution >= 0.6 is 0 Å². The fraction of sp³-hybridized carbons (Fsp3) is 0.944. The summed E-state index contributed by atoms with van der Waals surface area (Å²) in [5.74, 6) is 0.159. The Labute approximate surface area is 137 Å². The first-order valence-electron chi connectivity index (χ1n) is 8.58. The number of ketones is 1. The molecule has 0 saturated heterocycles. The largest absolute Gasteiger partial charge is 0.381 e. The Kier molecular flexibility index (Phi) is 10.9. The van der Waals surface area contributed by atoms with E-state index in [2.05, 4.69) is 26.1 Å². The zero-order chi connectivity index (χ0) is 17.1. The van der Waals surface area contributed by atoms with Gasteiger partial charge in [0, 0.05) is 25.2 Å². The van der Waals surface area contributed by atoms with Gasteiger partial charge in [-0.05, 0) is 73.8 Å². The van der Waals surface area contributed by atoms with Gasteiger partial charge >= 0.3 is 0 Å². The first-order chi connectivity index (χ1) is 10.1. The van der Waals surface area contributed by atoms with Crippen LogP contribution in [-0.4, -0.2) is 43.3 Å². The molecule has 0 bridgehead atoms. The number of hydrogen-bond acceptors (Lipinski definition) is 4. The summed E-state index contributed by atoms with van der Waals surface area (Å²) in [5, 5.41) is 3.48. The topological polar surface area (TPSA) is 47.6 Å². The van der Waals surface area contributed by atoms with Crippen LogP contribution in [0.5, 0.6) is 0 Å². The Morgan fingerprint density at radius 1 is 0.909 bits per heavy atom. The van der Waals surface area contributed by atoms with E-state index in [4.69, 9.17) is 9.47 Å². The number of ether oxygens (including phenoxy) is 2. The summed E-state index contributed by atoms with van der Waals surface area (Å²) in [6.07, 6.45) is 4.79. The Morgan fingerprint density at radius 3 is 2.14 bits per heavy atom. The molecule has 0 aromatic carbocycles. The van der Waals surface area contributed by atoms with Crippen molar-refractivity contribution >= 4 is 5.78 Å². The Bertz CT molecular complexity index is 290. The highest BCUT2D eigenvalue weighted by atomic mass is 16.5. The molecule has 0 aliphatic carbocycles. The van der Waals surface area contributed by atoms with Gasteiger partial charge in [0.1, 0.15) is 6.61 Å². The van der Waals surface area contributed by atoms with E-state index in [9.17, 15) is 4.79 Å². The van der Waals surface area contributed by atoms with E-state index in [1.165, 1.54) is 12.8 Å². The zero-order valence-corrected chi connectivity index (χ0v) is 15.6. The first-order valence-corrected chi connectivity index (χ1v) is 8.58. The lowest BCUT2D eigenvalue weighted by Gasteiger charge is -2.20. The Hall–Kier alpha value is -0.450. The summed E-state index contributed by atoms with van der Waals surface area (Å²) in [4.78, 5) is 11.6. The van der Waals surface area contributed by atoms with Gasteiger partial charge in [0.15, 0.2) is 5.78 Å². The molecule has 0 spiro atoms. The Balaban J connectivity index is 3.28. The van der Waals surface area contributed by atoms with E-state index in [-0.39, 0.29) is 23.5 Å². The molecule has 0 amide bonds. The maximum Gasteiger partial charge on any atom is 0.158 e. The molecule has 0 saturated carbocycles. The molecule has 0 aliphatic rings. The molecule has 0 heterocycles. The van der Waals surface area contributed by atoms with Crippen molar-refractivity contribution < 1.29 is 14.3 Å². The molecule has 22 heavy (non-hydrogen) atoms. The van der Waals surface area contributed by atoms with Crippen LogP contribution in [0.4, 0.5) is 0 Å². The fourth-order valence-corrected chi connectivity index (χ4v) is 1.81. The quantitative estimate of drug-likeness (QED) is 0.558. The van der Waals surface area contributed by atoms with Crippen molar-refractivity contribution in [3.8, 4) is 0 Å². The highest BCUT2D eigenvalue weighted by molar-refractivity contribution is 5.79. The standard InChI is InChI=1S/C18H37NO3/c1-17(2,3)19-12-8-7-9-13-21-14-10-11-16(20)15-22-18(4,5)6/h19H,7-15H2,1-6H3. The number of hydrogen-bond donors (Lipinski definition) is 1. The molecule has 0 aliphatic heterocycles. The fourth-order valence-electron chi connectivity index (χ4n) is 1.81. The molecule has 4 heteroatoms. The third-order valence-electron chi connectivity index (χ3n) is 3.03. The average molecular weight is 315 g/mol. The molecule has 0 unspecified atom stereocenters. The van der Waals surface area contributed by atoms with Gasteiger partial charge in [-0.1, -0.05) is 0 Å². The minimum absolute atomic E-state index is 0.159. The zero-order valence-electron chi connectivity index (χ0n) is 15.6. The second kappa shape index (κ2) is 11.1. The van der Waals surface area contributed by atoms with Crippen molar-refractivity contribution in [2.45, 2.75) is 84.8 Å². The molecule has 0 rings (SSSR count). The number of carbonyl (C=O) groups is 1. The van der Waals surface area contributed by atoms with Crippen LogP contribution in [0.15, 0.2) is 0 Å². The van der Waals surface area contributed by atoms with E-state index in [0.29, 0.717) is 13.0 Å². The second-order valence-corrected chi connectivity index (χ2v) is 7.89. The van der Waals surface area contributed by atoms with Crippen LogP contribution in [0, 0.1) is 0 Å². The summed E-state index contributed by atoms with van der Waals surface area (Å²) in [6.45, 7) is 15.2. The maximum absolute atomic E-state index is 11.6. The lowest BCUT2D eigenvalue weighted by molar-refractivity contribution is -0.128. The summed E-state index contributed by atoms with van der Waals surface area (Å²) in [6, 6.07) is 0. The van der Waals surface area contributed by atoms with E-state index in [0.717, 1.165) is 26.0 Å². The van der Waals surface area contributed by atoms with Crippen molar-refractivity contribution in [3.05, 3.63) is 0 Å². The lowest BCUT2D eigenvalue weighted by Crippen LogP contribution is -2.36. The van der Waals surface area contributed by atoms with Gasteiger partial charge in [0.05, 0.1) is 5.60 Å². The number of carbonyl (C=O) groups excluding carboxylic acids is 1. The highest BCUT2D eigenvalue weighted by Crippen LogP contribution is 2.07. The molecule has 0 atom stereocenters. The molecule has 4 nitrogen and oxygen atoms in total. The monoisotopic (exact) mass is 315 g/mol. The van der Waals surface area contributed by atoms with Crippen molar-refractivity contribution in [2.75, 3.05) is 26.4 Å². The van der Waals surface area contributed by atoms with Crippen LogP contribution in [0.1, 0.15) is 73.6 Å². The second-order valence-electron chi connectivity index (χ2n) is 7.89. The van der Waals surface area contributed by atoms with Gasteiger partial charge in [-0.3, -0.25) is 4.79 Å². The van der Waals surface area contributed by atoms with Gasteiger partial charge in [0.2, 0.25) is 0 Å². The molecule has 0 radical (unpaired) electrons. The minimum atomic E-state index is -0.242. The number of rotatable bonds is 12. The summed E-state index contributed by atoms with van der Waals surface area (Å²) >= 11 is 0. The smallest absolute Gasteiger partial charge is 0.158 e. The van der Waals surface area contributed by atoms with Crippen LogP contribution in [0.3, 0.4) is 0 Å².